The molecule has 2 aliphatic rings. The van der Waals surface area contributed by atoms with Crippen molar-refractivity contribution in [2.24, 2.45) is 0 Å². The second-order valence-electron chi connectivity index (χ2n) is 5.58. The Balaban J connectivity index is 1.68. The highest BCUT2D eigenvalue weighted by atomic mass is 16.5. The fraction of sp³-hybridized carbons (Fsp3) is 0.600. The normalized spacial score (nSPS) is 26.2. The van der Waals surface area contributed by atoms with Gasteiger partial charge in [0, 0.05) is 44.0 Å². The van der Waals surface area contributed by atoms with E-state index in [2.05, 4.69) is 9.88 Å². The number of hydrogen-bond acceptors (Lipinski definition) is 6. The monoisotopic (exact) mass is 307 g/mol. The molecule has 0 unspecified atom stereocenters. The summed E-state index contributed by atoms with van der Waals surface area (Å²) in [5.41, 5.74) is 0.529. The molecule has 0 spiro atoms. The van der Waals surface area contributed by atoms with E-state index in [0.717, 1.165) is 13.1 Å². The molecule has 3 rings (SSSR count). The van der Waals surface area contributed by atoms with E-state index < -0.39 is 6.10 Å². The first-order valence-corrected chi connectivity index (χ1v) is 7.48. The lowest BCUT2D eigenvalue weighted by Crippen LogP contribution is -2.49. The van der Waals surface area contributed by atoms with Crippen LogP contribution in [0.5, 0.6) is 5.88 Å². The summed E-state index contributed by atoms with van der Waals surface area (Å²) < 4.78 is 10.4. The molecular formula is C15H21N3O4. The predicted molar refractivity (Wildman–Crippen MR) is 78.9 cm³/mol. The van der Waals surface area contributed by atoms with Crippen LogP contribution in [0.25, 0.3) is 0 Å². The average molecular weight is 307 g/mol. The van der Waals surface area contributed by atoms with Crippen molar-refractivity contribution in [3.63, 3.8) is 0 Å². The van der Waals surface area contributed by atoms with E-state index in [0.29, 0.717) is 37.7 Å². The molecule has 2 saturated heterocycles. The molecule has 1 aromatic rings. The van der Waals surface area contributed by atoms with Gasteiger partial charge < -0.3 is 19.5 Å². The highest BCUT2D eigenvalue weighted by Crippen LogP contribution is 2.20. The highest BCUT2D eigenvalue weighted by molar-refractivity contribution is 5.94. The molecule has 2 aliphatic heterocycles. The maximum absolute atomic E-state index is 12.6. The molecule has 7 heteroatoms. The lowest BCUT2D eigenvalue weighted by atomic mass is 10.1. The third kappa shape index (κ3) is 3.06. The van der Waals surface area contributed by atoms with Gasteiger partial charge in [-0.25, -0.2) is 4.98 Å². The van der Waals surface area contributed by atoms with Crippen LogP contribution in [0.15, 0.2) is 18.3 Å². The number of morpholine rings is 1. The van der Waals surface area contributed by atoms with Crippen LogP contribution in [0.1, 0.15) is 10.4 Å². The second-order valence-corrected chi connectivity index (χ2v) is 5.58. The summed E-state index contributed by atoms with van der Waals surface area (Å²) >= 11 is 0. The van der Waals surface area contributed by atoms with E-state index in [9.17, 15) is 9.90 Å². The van der Waals surface area contributed by atoms with Gasteiger partial charge in [0.05, 0.1) is 32.5 Å². The predicted octanol–water partition coefficient (Wildman–Crippen LogP) is -0.392. The van der Waals surface area contributed by atoms with Crippen LogP contribution in [0.3, 0.4) is 0 Å². The minimum absolute atomic E-state index is 0.0171. The molecule has 0 bridgehead atoms. The van der Waals surface area contributed by atoms with Crippen molar-refractivity contribution in [3.05, 3.63) is 23.9 Å². The molecule has 2 atom stereocenters. The van der Waals surface area contributed by atoms with E-state index in [-0.39, 0.29) is 11.9 Å². The van der Waals surface area contributed by atoms with Gasteiger partial charge in [-0.2, -0.15) is 0 Å². The number of methoxy groups -OCH3 is 1. The SMILES string of the molecule is COc1cc(C(=O)N2C[C@H](O)[C@@H](N3CCOCC3)C2)ccn1. The molecule has 1 aromatic heterocycles. The maximum Gasteiger partial charge on any atom is 0.254 e. The van der Waals surface area contributed by atoms with Crippen LogP contribution >= 0.6 is 0 Å². The van der Waals surface area contributed by atoms with E-state index in [1.807, 2.05) is 0 Å². The zero-order chi connectivity index (χ0) is 15.5. The second kappa shape index (κ2) is 6.60. The van der Waals surface area contributed by atoms with Crippen LogP contribution in [-0.4, -0.2) is 84.4 Å². The van der Waals surface area contributed by atoms with Crippen LogP contribution in [-0.2, 0) is 4.74 Å². The smallest absolute Gasteiger partial charge is 0.254 e. The van der Waals surface area contributed by atoms with Gasteiger partial charge in [-0.3, -0.25) is 9.69 Å². The molecule has 22 heavy (non-hydrogen) atoms. The first-order valence-electron chi connectivity index (χ1n) is 7.48. The number of aromatic nitrogens is 1. The van der Waals surface area contributed by atoms with Crippen molar-refractivity contribution in [2.45, 2.75) is 12.1 Å². The number of hydrogen-bond donors (Lipinski definition) is 1. The number of carbonyl (C=O) groups excluding carboxylic acids is 1. The molecule has 0 aliphatic carbocycles. The summed E-state index contributed by atoms with van der Waals surface area (Å²) in [5, 5.41) is 10.3. The molecule has 2 fully saturated rings. The molecule has 0 saturated carbocycles. The van der Waals surface area contributed by atoms with Crippen molar-refractivity contribution < 1.29 is 19.4 Å². The van der Waals surface area contributed by atoms with Crippen molar-refractivity contribution in [1.29, 1.82) is 0 Å². The minimum Gasteiger partial charge on any atom is -0.481 e. The topological polar surface area (TPSA) is 75.1 Å². The number of likely N-dealkylation sites (tertiary alicyclic amines) is 1. The maximum atomic E-state index is 12.6. The first kappa shape index (κ1) is 15.2. The summed E-state index contributed by atoms with van der Waals surface area (Å²) in [4.78, 5) is 20.5. The number of aliphatic hydroxyl groups excluding tert-OH is 1. The highest BCUT2D eigenvalue weighted by Gasteiger charge is 2.38. The number of carbonyl (C=O) groups is 1. The van der Waals surface area contributed by atoms with Gasteiger partial charge in [0.25, 0.3) is 5.91 Å². The Kier molecular flexibility index (Phi) is 4.56. The van der Waals surface area contributed by atoms with Gasteiger partial charge in [0.1, 0.15) is 0 Å². The molecule has 120 valence electrons. The van der Waals surface area contributed by atoms with Crippen LogP contribution in [0.2, 0.25) is 0 Å². The van der Waals surface area contributed by atoms with E-state index in [4.69, 9.17) is 9.47 Å². The Morgan fingerprint density at radius 3 is 2.91 bits per heavy atom. The summed E-state index contributed by atoms with van der Waals surface area (Å²) in [6.45, 7) is 3.84. The van der Waals surface area contributed by atoms with Crippen LogP contribution in [0.4, 0.5) is 0 Å². The number of aliphatic hydroxyl groups is 1. The van der Waals surface area contributed by atoms with E-state index in [1.54, 1.807) is 23.2 Å². The van der Waals surface area contributed by atoms with Crippen LogP contribution < -0.4 is 4.74 Å². The molecule has 1 N–H and O–H groups in total. The van der Waals surface area contributed by atoms with Crippen molar-refractivity contribution in [1.82, 2.24) is 14.8 Å². The standard InChI is InChI=1S/C15H21N3O4/c1-21-14-8-11(2-3-16-14)15(20)18-9-12(13(19)10-18)17-4-6-22-7-5-17/h2-3,8,12-13,19H,4-7,9-10H2,1H3/t12-,13-/m0/s1. The number of β-amino-alcohol motifs (C(OH)–C–C–N with tert-alkyl or cyclic N) is 1. The average Bonchev–Trinajstić information content (AvgIpc) is 2.97. The number of ether oxygens (including phenoxy) is 2. The van der Waals surface area contributed by atoms with Crippen LogP contribution in [0, 0.1) is 0 Å². The third-order valence-corrected chi connectivity index (χ3v) is 4.25. The van der Waals surface area contributed by atoms with Gasteiger partial charge in [-0.1, -0.05) is 0 Å². The number of nitrogens with zero attached hydrogens (tertiary/aromatic N) is 3. The van der Waals surface area contributed by atoms with E-state index in [1.165, 1.54) is 7.11 Å². The molecule has 1 amide bonds. The zero-order valence-electron chi connectivity index (χ0n) is 12.6. The minimum atomic E-state index is -0.522. The van der Waals surface area contributed by atoms with E-state index >= 15 is 0 Å². The van der Waals surface area contributed by atoms with Gasteiger partial charge in [0.2, 0.25) is 5.88 Å². The zero-order valence-corrected chi connectivity index (χ0v) is 12.6. The molecule has 0 aromatic carbocycles. The fourth-order valence-corrected chi connectivity index (χ4v) is 3.04. The Labute approximate surface area is 129 Å². The largest absolute Gasteiger partial charge is 0.481 e. The number of pyridine rings is 1. The molecule has 3 heterocycles. The Hall–Kier alpha value is -1.70. The Bertz CT molecular complexity index is 533. The number of rotatable bonds is 3. The lowest BCUT2D eigenvalue weighted by molar-refractivity contribution is -0.00611. The number of amides is 1. The quantitative estimate of drug-likeness (QED) is 0.819. The lowest BCUT2D eigenvalue weighted by Gasteiger charge is -2.33. The summed E-state index contributed by atoms with van der Waals surface area (Å²) in [7, 11) is 1.52. The fourth-order valence-electron chi connectivity index (χ4n) is 3.04. The summed E-state index contributed by atoms with van der Waals surface area (Å²) in [5.74, 6) is 0.311. The molecule has 0 radical (unpaired) electrons. The molecular weight excluding hydrogens is 286 g/mol. The van der Waals surface area contributed by atoms with Crippen molar-refractivity contribution in [3.8, 4) is 5.88 Å². The summed E-state index contributed by atoms with van der Waals surface area (Å²) in [6, 6.07) is 3.27. The van der Waals surface area contributed by atoms with Gasteiger partial charge in [0.15, 0.2) is 0 Å². The van der Waals surface area contributed by atoms with Crippen molar-refractivity contribution >= 4 is 5.91 Å². The van der Waals surface area contributed by atoms with Gasteiger partial charge in [-0.15, -0.1) is 0 Å². The molecule has 7 nitrogen and oxygen atoms in total. The Morgan fingerprint density at radius 1 is 1.41 bits per heavy atom. The first-order chi connectivity index (χ1) is 10.7. The van der Waals surface area contributed by atoms with Crippen molar-refractivity contribution in [2.75, 3.05) is 46.5 Å². The van der Waals surface area contributed by atoms with Gasteiger partial charge in [-0.05, 0) is 6.07 Å². The third-order valence-electron chi connectivity index (χ3n) is 4.25. The Morgan fingerprint density at radius 2 is 2.18 bits per heavy atom. The summed E-state index contributed by atoms with van der Waals surface area (Å²) in [6.07, 6.45) is 1.03. The van der Waals surface area contributed by atoms with Gasteiger partial charge >= 0.3 is 0 Å².